The van der Waals surface area contributed by atoms with E-state index < -0.39 is 0 Å². The van der Waals surface area contributed by atoms with Gasteiger partial charge in [-0.2, -0.15) is 4.98 Å². The summed E-state index contributed by atoms with van der Waals surface area (Å²) in [5.41, 5.74) is 0.744. The van der Waals surface area contributed by atoms with E-state index in [2.05, 4.69) is 26.8 Å². The summed E-state index contributed by atoms with van der Waals surface area (Å²) in [6.07, 6.45) is 13.5. The van der Waals surface area contributed by atoms with Gasteiger partial charge in [0.15, 0.2) is 5.82 Å². The second kappa shape index (κ2) is 6.98. The maximum Gasteiger partial charge on any atom is 0.263 e. The summed E-state index contributed by atoms with van der Waals surface area (Å²) in [6, 6.07) is 0.125. The molecule has 2 aliphatic rings. The van der Waals surface area contributed by atoms with Gasteiger partial charge in [-0.1, -0.05) is 19.8 Å². The van der Waals surface area contributed by atoms with Crippen LogP contribution < -0.4 is 9.80 Å². The number of carbonyl (C=O) groups is 1. The first-order chi connectivity index (χ1) is 14.2. The Morgan fingerprint density at radius 2 is 2.00 bits per heavy atom. The Labute approximate surface area is 168 Å². The summed E-state index contributed by atoms with van der Waals surface area (Å²) in [7, 11) is 1.80. The molecule has 0 N–H and O–H groups in total. The molecule has 0 radical (unpaired) electrons. The molecule has 29 heavy (non-hydrogen) atoms. The van der Waals surface area contributed by atoms with Crippen LogP contribution in [0, 0.1) is 0 Å². The Morgan fingerprint density at radius 3 is 2.72 bits per heavy atom. The normalized spacial score (nSPS) is 19.8. The fourth-order valence-corrected chi connectivity index (χ4v) is 4.45. The van der Waals surface area contributed by atoms with Gasteiger partial charge < -0.3 is 14.2 Å². The molecule has 0 spiro atoms. The summed E-state index contributed by atoms with van der Waals surface area (Å²) >= 11 is 0. The van der Waals surface area contributed by atoms with E-state index in [1.165, 1.54) is 19.1 Å². The third-order valence-corrected chi connectivity index (χ3v) is 5.88. The SMILES string of the molecule is CC[C@@H]1C(=O)N(C)c2cnc(-n3ccnc3-c3ncco3)nc2N1C1CCCC1. The minimum Gasteiger partial charge on any atom is -0.442 e. The van der Waals surface area contributed by atoms with E-state index in [1.807, 2.05) is 0 Å². The Morgan fingerprint density at radius 1 is 1.17 bits per heavy atom. The van der Waals surface area contributed by atoms with E-state index in [-0.39, 0.29) is 11.9 Å². The van der Waals surface area contributed by atoms with Gasteiger partial charge in [-0.15, -0.1) is 0 Å². The number of carbonyl (C=O) groups excluding carboxylic acids is 1. The van der Waals surface area contributed by atoms with Crippen molar-refractivity contribution in [3.63, 3.8) is 0 Å². The van der Waals surface area contributed by atoms with Gasteiger partial charge >= 0.3 is 0 Å². The van der Waals surface area contributed by atoms with E-state index >= 15 is 0 Å². The first kappa shape index (κ1) is 17.8. The number of nitrogens with zero attached hydrogens (tertiary/aromatic N) is 7. The number of likely N-dealkylation sites (N-methyl/N-ethyl adjacent to an activating group) is 1. The molecule has 0 saturated heterocycles. The number of anilines is 2. The zero-order chi connectivity index (χ0) is 20.0. The van der Waals surface area contributed by atoms with Crippen LogP contribution in [0.3, 0.4) is 0 Å². The van der Waals surface area contributed by atoms with Gasteiger partial charge in [-0.05, 0) is 19.3 Å². The van der Waals surface area contributed by atoms with Gasteiger partial charge in [0.2, 0.25) is 17.7 Å². The number of aromatic nitrogens is 5. The zero-order valence-electron chi connectivity index (χ0n) is 16.5. The molecule has 4 heterocycles. The number of oxazole rings is 1. The van der Waals surface area contributed by atoms with Crippen molar-refractivity contribution in [1.29, 1.82) is 0 Å². The van der Waals surface area contributed by atoms with E-state index in [4.69, 9.17) is 9.40 Å². The summed E-state index contributed by atoms with van der Waals surface area (Å²) < 4.78 is 7.17. The first-order valence-electron chi connectivity index (χ1n) is 10.1. The average Bonchev–Trinajstić information content (AvgIpc) is 3.51. The molecular weight excluding hydrogens is 370 g/mol. The van der Waals surface area contributed by atoms with Gasteiger partial charge in [-0.3, -0.25) is 9.36 Å². The molecule has 1 aliphatic carbocycles. The van der Waals surface area contributed by atoms with Crippen LogP contribution in [0.2, 0.25) is 0 Å². The lowest BCUT2D eigenvalue weighted by atomic mass is 10.0. The third kappa shape index (κ3) is 2.80. The van der Waals surface area contributed by atoms with Crippen molar-refractivity contribution < 1.29 is 9.21 Å². The standard InChI is InChI=1S/C20H23N7O2/c1-3-14-19(28)25(2)15-12-23-20(24-16(15)27(14)13-6-4-5-7-13)26-10-8-21-17(26)18-22-9-11-29-18/h8-14H,3-7H2,1-2H3/t14-/m1/s1. The van der Waals surface area contributed by atoms with Crippen LogP contribution in [-0.4, -0.2) is 49.5 Å². The highest BCUT2D eigenvalue weighted by atomic mass is 16.3. The van der Waals surface area contributed by atoms with E-state index in [0.717, 1.165) is 30.8 Å². The molecule has 0 unspecified atom stereocenters. The predicted octanol–water partition coefficient (Wildman–Crippen LogP) is 2.82. The van der Waals surface area contributed by atoms with Crippen LogP contribution in [0.1, 0.15) is 39.0 Å². The van der Waals surface area contributed by atoms with E-state index in [0.29, 0.717) is 23.7 Å². The molecule has 1 atom stereocenters. The molecule has 3 aromatic heterocycles. The lowest BCUT2D eigenvalue weighted by Gasteiger charge is -2.43. The molecule has 5 rings (SSSR count). The Bertz CT molecular complexity index is 1020. The monoisotopic (exact) mass is 393 g/mol. The highest BCUT2D eigenvalue weighted by Crippen LogP contribution is 2.39. The Hall–Kier alpha value is -3.23. The maximum absolute atomic E-state index is 13.0. The quantitative estimate of drug-likeness (QED) is 0.673. The van der Waals surface area contributed by atoms with Gasteiger partial charge in [0.05, 0.1) is 12.4 Å². The van der Waals surface area contributed by atoms with Gasteiger partial charge in [-0.25, -0.2) is 15.0 Å². The van der Waals surface area contributed by atoms with Crippen molar-refractivity contribution in [2.75, 3.05) is 16.8 Å². The number of imidazole rings is 1. The molecule has 9 heteroatoms. The fraction of sp³-hybridized carbons (Fsp3) is 0.450. The van der Waals surface area contributed by atoms with Crippen LogP contribution >= 0.6 is 0 Å². The minimum atomic E-state index is -0.202. The van der Waals surface area contributed by atoms with Crippen molar-refractivity contribution in [2.45, 2.75) is 51.1 Å². The van der Waals surface area contributed by atoms with Gasteiger partial charge in [0, 0.05) is 25.5 Å². The molecule has 1 amide bonds. The molecule has 150 valence electrons. The first-order valence-corrected chi connectivity index (χ1v) is 10.1. The van der Waals surface area contributed by atoms with Crippen molar-refractivity contribution in [2.24, 2.45) is 0 Å². The van der Waals surface area contributed by atoms with Crippen LogP contribution in [0.4, 0.5) is 11.5 Å². The van der Waals surface area contributed by atoms with Crippen molar-refractivity contribution in [3.8, 4) is 17.7 Å². The largest absolute Gasteiger partial charge is 0.442 e. The molecule has 9 nitrogen and oxygen atoms in total. The number of hydrogen-bond acceptors (Lipinski definition) is 7. The fourth-order valence-electron chi connectivity index (χ4n) is 4.45. The van der Waals surface area contributed by atoms with Crippen LogP contribution in [-0.2, 0) is 4.79 Å². The van der Waals surface area contributed by atoms with Crippen molar-refractivity contribution >= 4 is 17.4 Å². The summed E-state index contributed by atoms with van der Waals surface area (Å²) in [6.45, 7) is 2.06. The smallest absolute Gasteiger partial charge is 0.263 e. The lowest BCUT2D eigenvalue weighted by Crippen LogP contribution is -2.55. The molecule has 3 aromatic rings. The van der Waals surface area contributed by atoms with Crippen molar-refractivity contribution in [3.05, 3.63) is 31.1 Å². The summed E-state index contributed by atoms with van der Waals surface area (Å²) in [5, 5.41) is 0. The number of rotatable bonds is 4. The van der Waals surface area contributed by atoms with Crippen LogP contribution in [0.5, 0.6) is 0 Å². The molecule has 1 aliphatic heterocycles. The summed E-state index contributed by atoms with van der Waals surface area (Å²) in [4.78, 5) is 34.9. The van der Waals surface area contributed by atoms with Crippen molar-refractivity contribution in [1.82, 2.24) is 24.5 Å². The zero-order valence-corrected chi connectivity index (χ0v) is 16.5. The molecular formula is C20H23N7O2. The Kier molecular flexibility index (Phi) is 4.30. The highest BCUT2D eigenvalue weighted by molar-refractivity contribution is 6.04. The van der Waals surface area contributed by atoms with E-state index in [1.54, 1.807) is 41.3 Å². The summed E-state index contributed by atoms with van der Waals surface area (Å²) in [5.74, 6) is 2.33. The lowest BCUT2D eigenvalue weighted by molar-refractivity contribution is -0.120. The molecule has 0 bridgehead atoms. The molecule has 0 aromatic carbocycles. The van der Waals surface area contributed by atoms with Gasteiger partial charge in [0.25, 0.3) is 5.89 Å². The Balaban J connectivity index is 1.64. The van der Waals surface area contributed by atoms with Crippen LogP contribution in [0.15, 0.2) is 35.5 Å². The maximum atomic E-state index is 13.0. The number of fused-ring (bicyclic) bond motifs is 1. The number of amides is 1. The minimum absolute atomic E-state index is 0.103. The molecule has 1 saturated carbocycles. The van der Waals surface area contributed by atoms with E-state index in [9.17, 15) is 4.79 Å². The average molecular weight is 393 g/mol. The topological polar surface area (TPSA) is 93.2 Å². The second-order valence-electron chi connectivity index (χ2n) is 7.50. The second-order valence-corrected chi connectivity index (χ2v) is 7.50. The molecule has 1 fully saturated rings. The number of hydrogen-bond donors (Lipinski definition) is 0. The highest BCUT2D eigenvalue weighted by Gasteiger charge is 2.41. The van der Waals surface area contributed by atoms with Crippen LogP contribution in [0.25, 0.3) is 17.7 Å². The third-order valence-electron chi connectivity index (χ3n) is 5.88. The van der Waals surface area contributed by atoms with Gasteiger partial charge in [0.1, 0.15) is 18.0 Å². The predicted molar refractivity (Wildman–Crippen MR) is 107 cm³/mol.